The Morgan fingerprint density at radius 2 is 2.33 bits per heavy atom. The third-order valence-corrected chi connectivity index (χ3v) is 3.46. The van der Waals surface area contributed by atoms with Crippen LogP contribution in [0.4, 0.5) is 0 Å². The van der Waals surface area contributed by atoms with Crippen molar-refractivity contribution in [2.45, 2.75) is 11.8 Å². The predicted molar refractivity (Wildman–Crippen MR) is 62.5 cm³/mol. The van der Waals surface area contributed by atoms with E-state index in [1.165, 1.54) is 5.52 Å². The zero-order valence-corrected chi connectivity index (χ0v) is 9.07. The van der Waals surface area contributed by atoms with Crippen LogP contribution in [-0.4, -0.2) is 20.4 Å². The zero-order valence-electron chi connectivity index (χ0n) is 8.26. The summed E-state index contributed by atoms with van der Waals surface area (Å²) in [5.41, 5.74) is 2.30. The van der Waals surface area contributed by atoms with Crippen LogP contribution in [0.3, 0.4) is 0 Å². The second kappa shape index (κ2) is 3.40. The van der Waals surface area contributed by atoms with Crippen LogP contribution in [0.15, 0.2) is 42.1 Å². The third kappa shape index (κ3) is 1.37. The number of nitrogens with zero attached hydrogens (tertiary/aromatic N) is 3. The Labute approximate surface area is 92.5 Å². The molecular formula is C11H11N3S. The summed E-state index contributed by atoms with van der Waals surface area (Å²) in [6.07, 6.45) is 1.92. The van der Waals surface area contributed by atoms with Gasteiger partial charge in [0.2, 0.25) is 0 Å². The Balaban J connectivity index is 2.04. The fourth-order valence-corrected chi connectivity index (χ4v) is 2.78. The van der Waals surface area contributed by atoms with Crippen molar-refractivity contribution in [2.24, 2.45) is 0 Å². The molecule has 0 saturated heterocycles. The summed E-state index contributed by atoms with van der Waals surface area (Å²) in [7, 11) is 0. The molecule has 0 fully saturated rings. The molecule has 4 heteroatoms. The number of fused-ring (bicyclic) bond motifs is 3. The molecule has 1 aromatic carbocycles. The van der Waals surface area contributed by atoms with Gasteiger partial charge >= 0.3 is 0 Å². The number of hydrogen-bond donors (Lipinski definition) is 0. The van der Waals surface area contributed by atoms with Crippen molar-refractivity contribution in [1.82, 2.24) is 13.9 Å². The normalized spacial score (nSPS) is 15.7. The number of aromatic nitrogens is 2. The highest BCUT2D eigenvalue weighted by Gasteiger charge is 2.22. The summed E-state index contributed by atoms with van der Waals surface area (Å²) in [6, 6.07) is 8.25. The molecule has 0 saturated carbocycles. The predicted octanol–water partition coefficient (Wildman–Crippen LogP) is 2.50. The minimum Gasteiger partial charge on any atom is -0.303 e. The molecule has 15 heavy (non-hydrogen) atoms. The summed E-state index contributed by atoms with van der Waals surface area (Å²) >= 11 is 1.70. The van der Waals surface area contributed by atoms with Crippen molar-refractivity contribution in [3.05, 3.63) is 36.9 Å². The van der Waals surface area contributed by atoms with Crippen LogP contribution in [-0.2, 0) is 6.67 Å². The summed E-state index contributed by atoms with van der Waals surface area (Å²) < 4.78 is 4.48. The Bertz CT molecular complexity index is 518. The van der Waals surface area contributed by atoms with Gasteiger partial charge in [0.15, 0.2) is 5.16 Å². The molecule has 2 heterocycles. The molecule has 1 aliphatic heterocycles. The van der Waals surface area contributed by atoms with Crippen molar-refractivity contribution in [3.63, 3.8) is 0 Å². The summed E-state index contributed by atoms with van der Waals surface area (Å²) in [5, 5.41) is 1.08. The zero-order chi connectivity index (χ0) is 10.3. The van der Waals surface area contributed by atoms with E-state index in [9.17, 15) is 0 Å². The van der Waals surface area contributed by atoms with E-state index in [4.69, 9.17) is 0 Å². The lowest BCUT2D eigenvalue weighted by Crippen LogP contribution is -2.12. The van der Waals surface area contributed by atoms with Gasteiger partial charge in [-0.05, 0) is 24.1 Å². The number of para-hydroxylation sites is 2. The lowest BCUT2D eigenvalue weighted by molar-refractivity contribution is 0.440. The maximum absolute atomic E-state index is 4.58. The highest BCUT2D eigenvalue weighted by atomic mass is 32.2. The van der Waals surface area contributed by atoms with Crippen LogP contribution in [0.5, 0.6) is 0 Å². The Morgan fingerprint density at radius 1 is 1.47 bits per heavy atom. The van der Waals surface area contributed by atoms with Gasteiger partial charge in [-0.15, -0.1) is 6.58 Å². The maximum Gasteiger partial charge on any atom is 0.185 e. The van der Waals surface area contributed by atoms with Gasteiger partial charge in [0.25, 0.3) is 0 Å². The van der Waals surface area contributed by atoms with Crippen LogP contribution in [0.1, 0.15) is 0 Å². The van der Waals surface area contributed by atoms with Gasteiger partial charge in [-0.1, -0.05) is 18.2 Å². The van der Waals surface area contributed by atoms with Crippen molar-refractivity contribution in [2.75, 3.05) is 6.54 Å². The van der Waals surface area contributed by atoms with Crippen LogP contribution >= 0.6 is 11.9 Å². The number of imidazole rings is 1. The molecule has 0 unspecified atom stereocenters. The maximum atomic E-state index is 4.58. The van der Waals surface area contributed by atoms with E-state index in [1.54, 1.807) is 11.9 Å². The molecular weight excluding hydrogens is 206 g/mol. The van der Waals surface area contributed by atoms with E-state index in [0.717, 1.165) is 23.9 Å². The monoisotopic (exact) mass is 217 g/mol. The van der Waals surface area contributed by atoms with Gasteiger partial charge in [-0.3, -0.25) is 0 Å². The van der Waals surface area contributed by atoms with E-state index in [0.29, 0.717) is 0 Å². The minimum atomic E-state index is 0.891. The van der Waals surface area contributed by atoms with Gasteiger partial charge in [0.1, 0.15) is 0 Å². The quantitative estimate of drug-likeness (QED) is 0.569. The molecule has 0 N–H and O–H groups in total. The summed E-state index contributed by atoms with van der Waals surface area (Å²) in [4.78, 5) is 4.58. The van der Waals surface area contributed by atoms with E-state index < -0.39 is 0 Å². The Morgan fingerprint density at radius 3 is 3.20 bits per heavy atom. The lowest BCUT2D eigenvalue weighted by Gasteiger charge is -2.09. The van der Waals surface area contributed by atoms with Gasteiger partial charge in [-0.25, -0.2) is 9.29 Å². The molecule has 0 bridgehead atoms. The highest BCUT2D eigenvalue weighted by Crippen LogP contribution is 2.33. The SMILES string of the molecule is C=CCN1Cn2c(nc3ccccc32)S1. The molecule has 76 valence electrons. The average Bonchev–Trinajstić information content (AvgIpc) is 2.75. The molecule has 3 rings (SSSR count). The van der Waals surface area contributed by atoms with E-state index in [1.807, 2.05) is 12.1 Å². The third-order valence-electron chi connectivity index (χ3n) is 2.46. The molecule has 0 spiro atoms. The molecule has 0 aliphatic carbocycles. The average molecular weight is 217 g/mol. The second-order valence-electron chi connectivity index (χ2n) is 3.50. The van der Waals surface area contributed by atoms with E-state index >= 15 is 0 Å². The Kier molecular flexibility index (Phi) is 2.04. The van der Waals surface area contributed by atoms with Gasteiger partial charge in [0, 0.05) is 6.54 Å². The molecule has 1 aliphatic rings. The largest absolute Gasteiger partial charge is 0.303 e. The van der Waals surface area contributed by atoms with Gasteiger partial charge < -0.3 is 4.57 Å². The number of benzene rings is 1. The first-order chi connectivity index (χ1) is 7.38. The first-order valence-electron chi connectivity index (χ1n) is 4.87. The van der Waals surface area contributed by atoms with Crippen molar-refractivity contribution in [3.8, 4) is 0 Å². The smallest absolute Gasteiger partial charge is 0.185 e. The van der Waals surface area contributed by atoms with Crippen molar-refractivity contribution < 1.29 is 0 Å². The van der Waals surface area contributed by atoms with Crippen molar-refractivity contribution >= 4 is 23.0 Å². The summed E-state index contributed by atoms with van der Waals surface area (Å²) in [5.74, 6) is 0. The molecule has 3 nitrogen and oxygen atoms in total. The fraction of sp³-hybridized carbons (Fsp3) is 0.182. The molecule has 0 radical (unpaired) electrons. The standard InChI is InChI=1S/C11H11N3S/c1-2-7-13-8-14-10-6-4-3-5-9(10)12-11(14)15-13/h2-6H,1,7-8H2. The molecule has 2 aromatic rings. The minimum absolute atomic E-state index is 0.891. The van der Waals surface area contributed by atoms with Crippen LogP contribution < -0.4 is 0 Å². The molecule has 0 amide bonds. The van der Waals surface area contributed by atoms with Crippen LogP contribution in [0.2, 0.25) is 0 Å². The van der Waals surface area contributed by atoms with Crippen LogP contribution in [0, 0.1) is 0 Å². The first-order valence-corrected chi connectivity index (χ1v) is 5.65. The van der Waals surface area contributed by atoms with Crippen molar-refractivity contribution in [1.29, 1.82) is 0 Å². The van der Waals surface area contributed by atoms with E-state index in [-0.39, 0.29) is 0 Å². The van der Waals surface area contributed by atoms with Crippen LogP contribution in [0.25, 0.3) is 11.0 Å². The van der Waals surface area contributed by atoms with Gasteiger partial charge in [-0.2, -0.15) is 0 Å². The second-order valence-corrected chi connectivity index (χ2v) is 4.56. The number of rotatable bonds is 2. The first kappa shape index (κ1) is 9.00. The Hall–Kier alpha value is -1.26. The highest BCUT2D eigenvalue weighted by molar-refractivity contribution is 7.97. The number of hydrogen-bond acceptors (Lipinski definition) is 3. The van der Waals surface area contributed by atoms with E-state index in [2.05, 4.69) is 38.6 Å². The topological polar surface area (TPSA) is 21.1 Å². The summed E-state index contributed by atoms with van der Waals surface area (Å²) in [6.45, 7) is 5.54. The lowest BCUT2D eigenvalue weighted by atomic mass is 10.3. The fourth-order valence-electron chi connectivity index (χ4n) is 1.80. The molecule has 0 atom stereocenters. The molecule has 1 aromatic heterocycles. The van der Waals surface area contributed by atoms with Gasteiger partial charge in [0.05, 0.1) is 17.7 Å².